The van der Waals surface area contributed by atoms with Gasteiger partial charge in [-0.3, -0.25) is 19.7 Å². The number of aryl methyl sites for hydroxylation is 1. The minimum Gasteiger partial charge on any atom is -0.359 e. The summed E-state index contributed by atoms with van der Waals surface area (Å²) in [5, 5.41) is 16.1. The molecule has 0 aliphatic carbocycles. The minimum absolute atomic E-state index is 0.0231. The van der Waals surface area contributed by atoms with Crippen LogP contribution in [0.2, 0.25) is 0 Å². The highest BCUT2D eigenvalue weighted by atomic mass is 16.6. The average Bonchev–Trinajstić information content (AvgIpc) is 2.56. The molecule has 0 aliphatic heterocycles. The van der Waals surface area contributed by atoms with Gasteiger partial charge < -0.3 is 10.6 Å². The van der Waals surface area contributed by atoms with Crippen molar-refractivity contribution in [2.75, 3.05) is 12.4 Å². The van der Waals surface area contributed by atoms with Gasteiger partial charge in [-0.2, -0.15) is 0 Å². The van der Waals surface area contributed by atoms with Gasteiger partial charge in [-0.15, -0.1) is 0 Å². The molecule has 7 nitrogen and oxygen atoms in total. The Morgan fingerprint density at radius 3 is 2.33 bits per heavy atom. The summed E-state index contributed by atoms with van der Waals surface area (Å²) < 4.78 is 0. The number of carbonyl (C=O) groups is 2. The lowest BCUT2D eigenvalue weighted by Gasteiger charge is -2.07. The van der Waals surface area contributed by atoms with Crippen LogP contribution in [0.5, 0.6) is 0 Å². The van der Waals surface area contributed by atoms with E-state index < -0.39 is 4.92 Å². The van der Waals surface area contributed by atoms with Crippen molar-refractivity contribution in [2.45, 2.75) is 13.3 Å². The number of hydrogen-bond acceptors (Lipinski definition) is 4. The molecule has 0 saturated carbocycles. The van der Waals surface area contributed by atoms with E-state index in [1.54, 1.807) is 38.2 Å². The maximum atomic E-state index is 12.2. The van der Waals surface area contributed by atoms with E-state index in [4.69, 9.17) is 0 Å². The van der Waals surface area contributed by atoms with Crippen molar-refractivity contribution in [3.63, 3.8) is 0 Å². The minimum atomic E-state index is -0.484. The Hall–Kier alpha value is -3.22. The van der Waals surface area contributed by atoms with Gasteiger partial charge in [0.25, 0.3) is 11.6 Å². The molecule has 2 aromatic carbocycles. The van der Waals surface area contributed by atoms with Crippen LogP contribution in [0, 0.1) is 17.0 Å². The molecule has 0 aromatic heterocycles. The molecule has 0 saturated heterocycles. The number of benzene rings is 2. The van der Waals surface area contributed by atoms with Crippen molar-refractivity contribution < 1.29 is 14.5 Å². The number of rotatable bonds is 5. The smallest absolute Gasteiger partial charge is 0.272 e. The molecule has 2 N–H and O–H groups in total. The standard InChI is InChI=1S/C17H17N3O4/c1-11-9-13(5-8-15(11)20(23)24)17(22)19-14-6-3-12(4-7-14)10-16(21)18-2/h3-9H,10H2,1-2H3,(H,18,21)(H,19,22). The van der Waals surface area contributed by atoms with Gasteiger partial charge in [0.2, 0.25) is 5.91 Å². The first kappa shape index (κ1) is 17.1. The van der Waals surface area contributed by atoms with Crippen LogP contribution in [0.3, 0.4) is 0 Å². The number of nitro benzene ring substituents is 1. The van der Waals surface area contributed by atoms with Crippen LogP contribution in [-0.2, 0) is 11.2 Å². The molecule has 0 fully saturated rings. The van der Waals surface area contributed by atoms with Gasteiger partial charge >= 0.3 is 0 Å². The topological polar surface area (TPSA) is 101 Å². The van der Waals surface area contributed by atoms with Crippen LogP contribution in [-0.4, -0.2) is 23.8 Å². The number of carbonyl (C=O) groups excluding carboxylic acids is 2. The molecule has 0 radical (unpaired) electrons. The monoisotopic (exact) mass is 327 g/mol. The zero-order valence-electron chi connectivity index (χ0n) is 13.3. The van der Waals surface area contributed by atoms with E-state index in [9.17, 15) is 19.7 Å². The van der Waals surface area contributed by atoms with Crippen molar-refractivity contribution in [1.82, 2.24) is 5.32 Å². The van der Waals surface area contributed by atoms with Crippen molar-refractivity contribution in [3.05, 3.63) is 69.3 Å². The van der Waals surface area contributed by atoms with Crippen LogP contribution >= 0.6 is 0 Å². The SMILES string of the molecule is CNC(=O)Cc1ccc(NC(=O)c2ccc([N+](=O)[O-])c(C)c2)cc1. The van der Waals surface area contributed by atoms with Gasteiger partial charge in [0.15, 0.2) is 0 Å². The predicted molar refractivity (Wildman–Crippen MR) is 90.0 cm³/mol. The third kappa shape index (κ3) is 4.16. The Bertz CT molecular complexity index is 785. The lowest BCUT2D eigenvalue weighted by atomic mass is 10.1. The van der Waals surface area contributed by atoms with Gasteiger partial charge in [0.05, 0.1) is 11.3 Å². The highest BCUT2D eigenvalue weighted by Crippen LogP contribution is 2.20. The Morgan fingerprint density at radius 1 is 1.12 bits per heavy atom. The fourth-order valence-corrected chi connectivity index (χ4v) is 2.18. The number of anilines is 1. The van der Waals surface area contributed by atoms with Gasteiger partial charge in [0.1, 0.15) is 0 Å². The van der Waals surface area contributed by atoms with Crippen molar-refractivity contribution in [3.8, 4) is 0 Å². The second-order valence-electron chi connectivity index (χ2n) is 5.26. The van der Waals surface area contributed by atoms with Crippen LogP contribution in [0.1, 0.15) is 21.5 Å². The van der Waals surface area contributed by atoms with Gasteiger partial charge in [0, 0.05) is 29.9 Å². The summed E-state index contributed by atoms with van der Waals surface area (Å²) >= 11 is 0. The van der Waals surface area contributed by atoms with Gasteiger partial charge in [-0.05, 0) is 36.8 Å². The molecule has 0 unspecified atom stereocenters. The molecular formula is C17H17N3O4. The summed E-state index contributed by atoms with van der Waals surface area (Å²) in [6.07, 6.45) is 0.270. The lowest BCUT2D eigenvalue weighted by molar-refractivity contribution is -0.385. The van der Waals surface area contributed by atoms with Gasteiger partial charge in [-0.25, -0.2) is 0 Å². The molecule has 2 aromatic rings. The summed E-state index contributed by atoms with van der Waals surface area (Å²) in [7, 11) is 1.57. The third-order valence-corrected chi connectivity index (χ3v) is 3.51. The summed E-state index contributed by atoms with van der Waals surface area (Å²) in [4.78, 5) is 33.8. The largest absolute Gasteiger partial charge is 0.359 e. The molecule has 24 heavy (non-hydrogen) atoms. The maximum absolute atomic E-state index is 12.2. The molecule has 124 valence electrons. The average molecular weight is 327 g/mol. The number of hydrogen-bond donors (Lipinski definition) is 2. The number of nitrogens with zero attached hydrogens (tertiary/aromatic N) is 1. The fraction of sp³-hybridized carbons (Fsp3) is 0.176. The van der Waals surface area contributed by atoms with E-state index in [0.29, 0.717) is 16.8 Å². The number of nitro groups is 1. The molecule has 0 heterocycles. The van der Waals surface area contributed by atoms with E-state index >= 15 is 0 Å². The summed E-state index contributed by atoms with van der Waals surface area (Å²) in [5.74, 6) is -0.444. The van der Waals surface area contributed by atoms with Crippen LogP contribution in [0.4, 0.5) is 11.4 Å². The molecule has 7 heteroatoms. The first-order valence-electron chi connectivity index (χ1n) is 7.26. The number of nitrogens with one attached hydrogen (secondary N) is 2. The highest BCUT2D eigenvalue weighted by Gasteiger charge is 2.14. The zero-order valence-corrected chi connectivity index (χ0v) is 13.3. The Balaban J connectivity index is 2.08. The molecule has 0 bridgehead atoms. The third-order valence-electron chi connectivity index (χ3n) is 3.51. The van der Waals surface area contributed by atoms with E-state index in [-0.39, 0.29) is 23.9 Å². The molecule has 2 rings (SSSR count). The Kier molecular flexibility index (Phi) is 5.26. The van der Waals surface area contributed by atoms with E-state index in [2.05, 4.69) is 10.6 Å². The highest BCUT2D eigenvalue weighted by molar-refractivity contribution is 6.04. The molecule has 0 atom stereocenters. The predicted octanol–water partition coefficient (Wildman–Crippen LogP) is 2.44. The molecule has 0 spiro atoms. The van der Waals surface area contributed by atoms with Crippen LogP contribution in [0.15, 0.2) is 42.5 Å². The van der Waals surface area contributed by atoms with Gasteiger partial charge in [-0.1, -0.05) is 12.1 Å². The molecular weight excluding hydrogens is 310 g/mol. The number of likely N-dealkylation sites (N-methyl/N-ethyl adjacent to an activating group) is 1. The van der Waals surface area contributed by atoms with Crippen LogP contribution in [0.25, 0.3) is 0 Å². The maximum Gasteiger partial charge on any atom is 0.272 e. The normalized spacial score (nSPS) is 10.1. The van der Waals surface area contributed by atoms with Crippen molar-refractivity contribution >= 4 is 23.2 Å². The first-order valence-corrected chi connectivity index (χ1v) is 7.26. The Morgan fingerprint density at radius 2 is 1.79 bits per heavy atom. The van der Waals surface area contributed by atoms with Crippen LogP contribution < -0.4 is 10.6 Å². The first-order chi connectivity index (χ1) is 11.4. The number of amides is 2. The quantitative estimate of drug-likeness (QED) is 0.650. The Labute approximate surface area is 138 Å². The second-order valence-corrected chi connectivity index (χ2v) is 5.26. The van der Waals surface area contributed by atoms with E-state index in [1.807, 2.05) is 0 Å². The van der Waals surface area contributed by atoms with Crippen molar-refractivity contribution in [1.29, 1.82) is 0 Å². The fourth-order valence-electron chi connectivity index (χ4n) is 2.18. The van der Waals surface area contributed by atoms with Crippen molar-refractivity contribution in [2.24, 2.45) is 0 Å². The lowest BCUT2D eigenvalue weighted by Crippen LogP contribution is -2.19. The summed E-state index contributed by atoms with van der Waals surface area (Å²) in [5.41, 5.74) is 2.15. The molecule has 2 amide bonds. The summed E-state index contributed by atoms with van der Waals surface area (Å²) in [6.45, 7) is 1.59. The van der Waals surface area contributed by atoms with E-state index in [0.717, 1.165) is 5.56 Å². The summed E-state index contributed by atoms with van der Waals surface area (Å²) in [6, 6.07) is 11.1. The molecule has 0 aliphatic rings. The zero-order chi connectivity index (χ0) is 17.7. The second kappa shape index (κ2) is 7.36. The van der Waals surface area contributed by atoms with E-state index in [1.165, 1.54) is 18.2 Å².